The average molecular weight is 331 g/mol. The van der Waals surface area contributed by atoms with Crippen LogP contribution in [0.1, 0.15) is 31.9 Å². The third-order valence-electron chi connectivity index (χ3n) is 3.53. The molecule has 0 aliphatic rings. The van der Waals surface area contributed by atoms with E-state index in [0.29, 0.717) is 0 Å². The minimum absolute atomic E-state index is 0.0901. The van der Waals surface area contributed by atoms with E-state index in [0.717, 1.165) is 12.0 Å². The molecule has 1 aromatic heterocycles. The van der Waals surface area contributed by atoms with Crippen molar-refractivity contribution >= 4 is 6.03 Å². The molecule has 6 heteroatoms. The van der Waals surface area contributed by atoms with E-state index in [4.69, 9.17) is 4.74 Å². The summed E-state index contributed by atoms with van der Waals surface area (Å²) in [4.78, 5) is 16.1. The van der Waals surface area contributed by atoms with E-state index in [1.54, 1.807) is 37.5 Å². The topological polar surface area (TPSA) is 63.2 Å². The molecule has 128 valence electrons. The number of pyridine rings is 1. The molecule has 0 radical (unpaired) electrons. The number of amides is 2. The molecule has 2 aromatic rings. The summed E-state index contributed by atoms with van der Waals surface area (Å²) in [5, 5.41) is 5.71. The number of nitrogens with one attached hydrogen (secondary N) is 2. The number of hydrogen-bond donors (Lipinski definition) is 2. The number of aromatic nitrogens is 1. The lowest BCUT2D eigenvalue weighted by Gasteiger charge is -2.20. The van der Waals surface area contributed by atoms with Crippen LogP contribution in [-0.2, 0) is 0 Å². The number of carbonyl (C=O) groups excluding carboxylic acids is 1. The van der Waals surface area contributed by atoms with E-state index >= 15 is 0 Å². The molecule has 0 saturated carbocycles. The highest BCUT2D eigenvalue weighted by Crippen LogP contribution is 2.16. The first kappa shape index (κ1) is 17.7. The van der Waals surface area contributed by atoms with Gasteiger partial charge in [0.05, 0.1) is 12.1 Å². The summed E-state index contributed by atoms with van der Waals surface area (Å²) in [7, 11) is 0. The number of benzene rings is 1. The molecular weight excluding hydrogens is 309 g/mol. The number of carbonyl (C=O) groups is 1. The predicted octanol–water partition coefficient (Wildman–Crippen LogP) is 3.44. The minimum atomic E-state index is -0.419. The molecular formula is C18H22FN3O2. The molecule has 2 unspecified atom stereocenters. The van der Waals surface area contributed by atoms with Gasteiger partial charge in [-0.05, 0) is 43.2 Å². The Balaban J connectivity index is 1.82. The van der Waals surface area contributed by atoms with Crippen LogP contribution in [0, 0.1) is 5.82 Å². The molecule has 2 rings (SSSR count). The van der Waals surface area contributed by atoms with Crippen LogP contribution in [-0.4, -0.2) is 23.7 Å². The van der Waals surface area contributed by atoms with E-state index in [2.05, 4.69) is 15.6 Å². The molecule has 1 heterocycles. The zero-order chi connectivity index (χ0) is 17.4. The Morgan fingerprint density at radius 2 is 1.92 bits per heavy atom. The second-order valence-electron chi connectivity index (χ2n) is 5.50. The van der Waals surface area contributed by atoms with Gasteiger partial charge < -0.3 is 15.4 Å². The largest absolute Gasteiger partial charge is 0.488 e. The van der Waals surface area contributed by atoms with Gasteiger partial charge in [0, 0.05) is 12.4 Å². The molecule has 0 fully saturated rings. The maximum absolute atomic E-state index is 13.5. The van der Waals surface area contributed by atoms with Gasteiger partial charge in [-0.1, -0.05) is 19.1 Å². The van der Waals surface area contributed by atoms with Gasteiger partial charge in [0.25, 0.3) is 0 Å². The summed E-state index contributed by atoms with van der Waals surface area (Å²) >= 11 is 0. The van der Waals surface area contributed by atoms with Gasteiger partial charge in [0.2, 0.25) is 0 Å². The molecule has 24 heavy (non-hydrogen) atoms. The lowest BCUT2D eigenvalue weighted by Crippen LogP contribution is -2.44. The van der Waals surface area contributed by atoms with Gasteiger partial charge in [-0.3, -0.25) is 4.98 Å². The molecule has 0 saturated heterocycles. The molecule has 5 nitrogen and oxygen atoms in total. The lowest BCUT2D eigenvalue weighted by atomic mass is 10.1. The average Bonchev–Trinajstić information content (AvgIpc) is 2.59. The number of rotatable bonds is 7. The van der Waals surface area contributed by atoms with E-state index in [1.807, 2.05) is 19.1 Å². The van der Waals surface area contributed by atoms with E-state index in [1.165, 1.54) is 6.07 Å². The number of nitrogens with zero attached hydrogens (tertiary/aromatic N) is 1. The highest BCUT2D eigenvalue weighted by atomic mass is 19.1. The summed E-state index contributed by atoms with van der Waals surface area (Å²) in [6.45, 7) is 3.98. The van der Waals surface area contributed by atoms with Crippen LogP contribution in [0.3, 0.4) is 0 Å². The van der Waals surface area contributed by atoms with Gasteiger partial charge in [-0.2, -0.15) is 0 Å². The van der Waals surface area contributed by atoms with Crippen molar-refractivity contribution in [2.45, 2.75) is 32.4 Å². The molecule has 2 N–H and O–H groups in total. The Kier molecular flexibility index (Phi) is 6.54. The fourth-order valence-corrected chi connectivity index (χ4v) is 2.26. The Labute approximate surface area is 141 Å². The van der Waals surface area contributed by atoms with Crippen molar-refractivity contribution in [1.82, 2.24) is 15.6 Å². The van der Waals surface area contributed by atoms with Crippen molar-refractivity contribution < 1.29 is 13.9 Å². The van der Waals surface area contributed by atoms with E-state index in [9.17, 15) is 9.18 Å². The number of ether oxygens (including phenoxy) is 1. The highest BCUT2D eigenvalue weighted by Gasteiger charge is 2.14. The number of hydrogen-bond acceptors (Lipinski definition) is 3. The van der Waals surface area contributed by atoms with Crippen molar-refractivity contribution in [2.24, 2.45) is 0 Å². The number of urea groups is 1. The second kappa shape index (κ2) is 8.86. The number of para-hydroxylation sites is 1. The summed E-state index contributed by atoms with van der Waals surface area (Å²) in [6, 6.07) is 9.29. The zero-order valence-corrected chi connectivity index (χ0v) is 13.8. The zero-order valence-electron chi connectivity index (χ0n) is 13.8. The second-order valence-corrected chi connectivity index (χ2v) is 5.50. The highest BCUT2D eigenvalue weighted by molar-refractivity contribution is 5.74. The molecule has 2 atom stereocenters. The normalized spacial score (nSPS) is 13.0. The first-order valence-corrected chi connectivity index (χ1v) is 7.94. The van der Waals surface area contributed by atoms with Crippen LogP contribution in [0.25, 0.3) is 0 Å². The quantitative estimate of drug-likeness (QED) is 0.817. The molecule has 1 aromatic carbocycles. The lowest BCUT2D eigenvalue weighted by molar-refractivity contribution is 0.221. The van der Waals surface area contributed by atoms with Gasteiger partial charge in [0.1, 0.15) is 6.61 Å². The van der Waals surface area contributed by atoms with Crippen molar-refractivity contribution in [3.8, 4) is 5.75 Å². The monoisotopic (exact) mass is 331 g/mol. The molecule has 0 spiro atoms. The summed E-state index contributed by atoms with van der Waals surface area (Å²) < 4.78 is 18.9. The molecule has 0 bridgehead atoms. The molecule has 2 amide bonds. The summed E-state index contributed by atoms with van der Waals surface area (Å²) in [5.41, 5.74) is 0.998. The van der Waals surface area contributed by atoms with Gasteiger partial charge in [0.15, 0.2) is 11.6 Å². The maximum Gasteiger partial charge on any atom is 0.315 e. The van der Waals surface area contributed by atoms with Gasteiger partial charge in [-0.25, -0.2) is 9.18 Å². The van der Waals surface area contributed by atoms with E-state index in [-0.39, 0.29) is 30.5 Å². The third-order valence-corrected chi connectivity index (χ3v) is 3.53. The standard InChI is InChI=1S/C18H22FN3O2/c1-3-16(14-8-10-20-11-9-14)22-18(23)21-13(2)12-24-17-7-5-4-6-15(17)19/h4-11,13,16H,3,12H2,1-2H3,(H2,21,22,23). The van der Waals surface area contributed by atoms with Crippen molar-refractivity contribution in [2.75, 3.05) is 6.61 Å². The summed E-state index contributed by atoms with van der Waals surface area (Å²) in [5.74, 6) is -0.243. The predicted molar refractivity (Wildman–Crippen MR) is 90.3 cm³/mol. The fraction of sp³-hybridized carbons (Fsp3) is 0.333. The van der Waals surface area contributed by atoms with Gasteiger partial charge in [-0.15, -0.1) is 0 Å². The van der Waals surface area contributed by atoms with Crippen molar-refractivity contribution in [3.63, 3.8) is 0 Å². The minimum Gasteiger partial charge on any atom is -0.488 e. The Morgan fingerprint density at radius 3 is 2.58 bits per heavy atom. The molecule has 0 aliphatic carbocycles. The number of halogens is 1. The van der Waals surface area contributed by atoms with Crippen LogP contribution in [0.15, 0.2) is 48.8 Å². The Bertz CT molecular complexity index is 652. The SMILES string of the molecule is CCC(NC(=O)NC(C)COc1ccccc1F)c1ccncc1. The summed E-state index contributed by atoms with van der Waals surface area (Å²) in [6.07, 6.45) is 4.16. The van der Waals surface area contributed by atoms with Crippen molar-refractivity contribution in [3.05, 3.63) is 60.2 Å². The fourth-order valence-electron chi connectivity index (χ4n) is 2.26. The maximum atomic E-state index is 13.5. The van der Waals surface area contributed by atoms with Crippen LogP contribution in [0.5, 0.6) is 5.75 Å². The van der Waals surface area contributed by atoms with Crippen LogP contribution >= 0.6 is 0 Å². The van der Waals surface area contributed by atoms with E-state index < -0.39 is 5.82 Å². The van der Waals surface area contributed by atoms with Crippen LogP contribution in [0.4, 0.5) is 9.18 Å². The first-order chi connectivity index (χ1) is 11.6. The molecule has 0 aliphatic heterocycles. The Morgan fingerprint density at radius 1 is 1.21 bits per heavy atom. The van der Waals surface area contributed by atoms with Gasteiger partial charge >= 0.3 is 6.03 Å². The Hall–Kier alpha value is -2.63. The first-order valence-electron chi connectivity index (χ1n) is 7.94. The van der Waals surface area contributed by atoms with Crippen LogP contribution in [0.2, 0.25) is 0 Å². The third kappa shape index (κ3) is 5.22. The smallest absolute Gasteiger partial charge is 0.315 e. The van der Waals surface area contributed by atoms with Crippen LogP contribution < -0.4 is 15.4 Å². The van der Waals surface area contributed by atoms with Crippen molar-refractivity contribution in [1.29, 1.82) is 0 Å².